The van der Waals surface area contributed by atoms with Crippen molar-refractivity contribution in [2.24, 2.45) is 0 Å². The van der Waals surface area contributed by atoms with Crippen LogP contribution >= 0.6 is 0 Å². The van der Waals surface area contributed by atoms with Gasteiger partial charge in [0.2, 0.25) is 0 Å². The maximum atomic E-state index is 12.6. The number of hydrogen-bond acceptors (Lipinski definition) is 1. The van der Waals surface area contributed by atoms with Crippen molar-refractivity contribution in [1.29, 1.82) is 0 Å². The molecule has 1 aliphatic rings. The van der Waals surface area contributed by atoms with E-state index in [0.29, 0.717) is 6.42 Å². The van der Waals surface area contributed by atoms with Gasteiger partial charge in [0.1, 0.15) is 12.2 Å². The Morgan fingerprint density at radius 2 is 1.38 bits per heavy atom. The van der Waals surface area contributed by atoms with Crippen molar-refractivity contribution < 1.29 is 17.9 Å². The lowest BCUT2D eigenvalue weighted by Gasteiger charge is -2.31. The molecule has 3 rings (SSSR count). The number of halogens is 3. The van der Waals surface area contributed by atoms with Gasteiger partial charge in [-0.25, -0.2) is 0 Å². The number of fused-ring (bicyclic) bond motifs is 3. The van der Waals surface area contributed by atoms with Crippen LogP contribution in [0.15, 0.2) is 48.5 Å². The minimum absolute atomic E-state index is 0.455. The van der Waals surface area contributed by atoms with Crippen molar-refractivity contribution in [3.63, 3.8) is 0 Å². The molecule has 0 radical (unpaired) electrons. The summed E-state index contributed by atoms with van der Waals surface area (Å²) < 4.78 is 43.4. The third-order valence-corrected chi connectivity index (χ3v) is 3.99. The molecule has 0 aliphatic heterocycles. The zero-order valence-corrected chi connectivity index (χ0v) is 11.6. The molecule has 1 aliphatic carbocycles. The monoisotopic (exact) mass is 292 g/mol. The second kappa shape index (κ2) is 4.88. The van der Waals surface area contributed by atoms with Crippen LogP contribution in [0.1, 0.15) is 24.5 Å². The minimum Gasteiger partial charge on any atom is -0.356 e. The summed E-state index contributed by atoms with van der Waals surface area (Å²) in [7, 11) is 0. The Balaban J connectivity index is 2.15. The molecule has 0 N–H and O–H groups in total. The molecule has 21 heavy (non-hydrogen) atoms. The summed E-state index contributed by atoms with van der Waals surface area (Å²) in [5.74, 6) is 0. The summed E-state index contributed by atoms with van der Waals surface area (Å²) in [5, 5.41) is 0. The van der Waals surface area contributed by atoms with Crippen LogP contribution in [0, 0.1) is 0 Å². The van der Waals surface area contributed by atoms with E-state index in [2.05, 4.69) is 0 Å². The Morgan fingerprint density at radius 3 is 1.81 bits per heavy atom. The summed E-state index contributed by atoms with van der Waals surface area (Å²) in [6, 6.07) is 15.0. The molecule has 0 amide bonds. The Kier molecular flexibility index (Phi) is 3.29. The summed E-state index contributed by atoms with van der Waals surface area (Å²) >= 11 is 0. The van der Waals surface area contributed by atoms with E-state index >= 15 is 0 Å². The van der Waals surface area contributed by atoms with E-state index in [4.69, 9.17) is 4.74 Å². The zero-order chi connectivity index (χ0) is 15.1. The maximum absolute atomic E-state index is 12.6. The van der Waals surface area contributed by atoms with Gasteiger partial charge in [0.05, 0.1) is 0 Å². The third kappa shape index (κ3) is 2.23. The molecular weight excluding hydrogens is 277 g/mol. The largest absolute Gasteiger partial charge is 0.411 e. The van der Waals surface area contributed by atoms with Gasteiger partial charge in [-0.2, -0.15) is 13.2 Å². The lowest BCUT2D eigenvalue weighted by Crippen LogP contribution is -2.33. The second-order valence-corrected chi connectivity index (χ2v) is 5.18. The number of rotatable bonds is 3. The van der Waals surface area contributed by atoms with Gasteiger partial charge >= 0.3 is 6.18 Å². The van der Waals surface area contributed by atoms with Crippen LogP contribution in [-0.4, -0.2) is 12.8 Å². The molecule has 0 atom stereocenters. The molecule has 1 nitrogen and oxygen atoms in total. The topological polar surface area (TPSA) is 9.23 Å². The fourth-order valence-corrected chi connectivity index (χ4v) is 3.13. The van der Waals surface area contributed by atoms with Gasteiger partial charge in [-0.05, 0) is 28.7 Å². The van der Waals surface area contributed by atoms with E-state index in [1.807, 2.05) is 55.5 Å². The molecule has 0 fully saturated rings. The first-order valence-electron chi connectivity index (χ1n) is 6.88. The van der Waals surface area contributed by atoms with E-state index < -0.39 is 18.4 Å². The third-order valence-electron chi connectivity index (χ3n) is 3.99. The highest BCUT2D eigenvalue weighted by Crippen LogP contribution is 2.51. The molecule has 0 unspecified atom stereocenters. The number of hydrogen-bond donors (Lipinski definition) is 0. The fraction of sp³-hybridized carbons (Fsp3) is 0.294. The standard InChI is InChI=1S/C17H15F3O/c1-2-16(21-11-17(18,19)20)14-9-5-3-7-12(14)13-8-4-6-10-15(13)16/h3-10H,2,11H2,1H3. The summed E-state index contributed by atoms with van der Waals surface area (Å²) in [4.78, 5) is 0. The van der Waals surface area contributed by atoms with Gasteiger partial charge < -0.3 is 4.74 Å². The number of benzene rings is 2. The fourth-order valence-electron chi connectivity index (χ4n) is 3.13. The van der Waals surface area contributed by atoms with Crippen LogP contribution in [0.3, 0.4) is 0 Å². The van der Waals surface area contributed by atoms with E-state index in [0.717, 1.165) is 22.3 Å². The predicted molar refractivity (Wildman–Crippen MR) is 75.0 cm³/mol. The number of ether oxygens (including phenoxy) is 1. The Morgan fingerprint density at radius 1 is 0.905 bits per heavy atom. The van der Waals surface area contributed by atoms with E-state index in [-0.39, 0.29) is 0 Å². The highest BCUT2D eigenvalue weighted by Gasteiger charge is 2.45. The summed E-state index contributed by atoms with van der Waals surface area (Å²) in [5.41, 5.74) is 2.54. The Hall–Kier alpha value is -1.81. The van der Waals surface area contributed by atoms with Crippen LogP contribution in [0.25, 0.3) is 11.1 Å². The highest BCUT2D eigenvalue weighted by atomic mass is 19.4. The highest BCUT2D eigenvalue weighted by molar-refractivity contribution is 5.80. The smallest absolute Gasteiger partial charge is 0.356 e. The van der Waals surface area contributed by atoms with Crippen LogP contribution < -0.4 is 0 Å². The molecule has 0 heterocycles. The van der Waals surface area contributed by atoms with Crippen molar-refractivity contribution in [2.75, 3.05) is 6.61 Å². The lowest BCUT2D eigenvalue weighted by molar-refractivity contribution is -0.200. The zero-order valence-electron chi connectivity index (χ0n) is 11.6. The first kappa shape index (κ1) is 14.1. The normalized spacial score (nSPS) is 15.6. The van der Waals surface area contributed by atoms with Crippen LogP contribution in [0.2, 0.25) is 0 Å². The van der Waals surface area contributed by atoms with Gasteiger partial charge in [-0.1, -0.05) is 55.5 Å². The van der Waals surface area contributed by atoms with Crippen molar-refractivity contribution in [1.82, 2.24) is 0 Å². The SMILES string of the molecule is CCC1(OCC(F)(F)F)c2ccccc2-c2ccccc21. The quantitative estimate of drug-likeness (QED) is 0.782. The molecule has 0 bridgehead atoms. The average molecular weight is 292 g/mol. The van der Waals surface area contributed by atoms with Gasteiger partial charge in [0.15, 0.2) is 0 Å². The molecule has 110 valence electrons. The van der Waals surface area contributed by atoms with Gasteiger partial charge in [0.25, 0.3) is 0 Å². The van der Waals surface area contributed by atoms with E-state index in [1.54, 1.807) is 0 Å². The lowest BCUT2D eigenvalue weighted by atomic mass is 9.88. The summed E-state index contributed by atoms with van der Waals surface area (Å²) in [6.45, 7) is 0.610. The second-order valence-electron chi connectivity index (χ2n) is 5.18. The van der Waals surface area contributed by atoms with Crippen molar-refractivity contribution in [3.05, 3.63) is 59.7 Å². The van der Waals surface area contributed by atoms with Crippen LogP contribution in [-0.2, 0) is 10.3 Å². The minimum atomic E-state index is -4.34. The summed E-state index contributed by atoms with van der Waals surface area (Å²) in [6.07, 6.45) is -3.88. The van der Waals surface area contributed by atoms with Gasteiger partial charge in [-0.3, -0.25) is 0 Å². The van der Waals surface area contributed by atoms with E-state index in [1.165, 1.54) is 0 Å². The maximum Gasteiger partial charge on any atom is 0.411 e. The van der Waals surface area contributed by atoms with Crippen molar-refractivity contribution in [3.8, 4) is 11.1 Å². The first-order chi connectivity index (χ1) is 9.98. The van der Waals surface area contributed by atoms with Crippen molar-refractivity contribution in [2.45, 2.75) is 25.1 Å². The first-order valence-corrected chi connectivity index (χ1v) is 6.88. The molecule has 4 heteroatoms. The molecular formula is C17H15F3O. The Labute approximate surface area is 121 Å². The van der Waals surface area contributed by atoms with E-state index in [9.17, 15) is 13.2 Å². The number of alkyl halides is 3. The predicted octanol–water partition coefficient (Wildman–Crippen LogP) is 4.90. The molecule has 2 aromatic rings. The molecule has 0 saturated carbocycles. The van der Waals surface area contributed by atoms with Gasteiger partial charge in [0, 0.05) is 0 Å². The van der Waals surface area contributed by atoms with Gasteiger partial charge in [-0.15, -0.1) is 0 Å². The molecule has 2 aromatic carbocycles. The molecule has 0 aromatic heterocycles. The molecule has 0 saturated heterocycles. The van der Waals surface area contributed by atoms with Crippen LogP contribution in [0.4, 0.5) is 13.2 Å². The van der Waals surface area contributed by atoms with Crippen LogP contribution in [0.5, 0.6) is 0 Å². The Bertz CT molecular complexity index is 616. The average Bonchev–Trinajstić information content (AvgIpc) is 2.76. The van der Waals surface area contributed by atoms with Crippen molar-refractivity contribution >= 4 is 0 Å². The molecule has 0 spiro atoms.